The molecule has 0 radical (unpaired) electrons. The van der Waals surface area contributed by atoms with Crippen LogP contribution in [0.25, 0.3) is 0 Å². The van der Waals surface area contributed by atoms with Gasteiger partial charge in [-0.2, -0.15) is 11.8 Å². The van der Waals surface area contributed by atoms with Gasteiger partial charge < -0.3 is 20.7 Å². The van der Waals surface area contributed by atoms with Gasteiger partial charge in [-0.1, -0.05) is 0 Å². The van der Waals surface area contributed by atoms with Crippen LogP contribution in [0.4, 0.5) is 11.4 Å². The van der Waals surface area contributed by atoms with E-state index in [2.05, 4.69) is 17.3 Å². The second kappa shape index (κ2) is 7.56. The molecule has 1 unspecified atom stereocenters. The largest absolute Gasteiger partial charge is 0.495 e. The normalized spacial score (nSPS) is 18.0. The van der Waals surface area contributed by atoms with E-state index in [-0.39, 0.29) is 5.91 Å². The number of anilines is 2. The molecule has 0 spiro atoms. The lowest BCUT2D eigenvalue weighted by Gasteiger charge is -2.23. The van der Waals surface area contributed by atoms with Crippen molar-refractivity contribution in [2.45, 2.75) is 18.9 Å². The minimum atomic E-state index is -0.0172. The lowest BCUT2D eigenvalue weighted by atomic mass is 10.2. The molecule has 0 aromatic heterocycles. The number of hydrogen-bond acceptors (Lipinski definition) is 5. The SMILES string of the molecule is COc1ccc(N)cc1NC(=O)CCN(C)C1CCSC1. The highest BCUT2D eigenvalue weighted by Crippen LogP contribution is 2.26. The Morgan fingerprint density at radius 1 is 1.57 bits per heavy atom. The van der Waals surface area contributed by atoms with Gasteiger partial charge in [-0.3, -0.25) is 4.79 Å². The summed E-state index contributed by atoms with van der Waals surface area (Å²) in [6, 6.07) is 5.82. The average Bonchev–Trinajstić information content (AvgIpc) is 2.99. The number of hydrogen-bond donors (Lipinski definition) is 2. The zero-order valence-corrected chi connectivity index (χ0v) is 13.4. The molecule has 2 rings (SSSR count). The molecule has 0 saturated carbocycles. The van der Waals surface area contributed by atoms with Gasteiger partial charge in [-0.15, -0.1) is 0 Å². The first kappa shape index (κ1) is 16.0. The van der Waals surface area contributed by atoms with E-state index >= 15 is 0 Å². The quantitative estimate of drug-likeness (QED) is 0.787. The van der Waals surface area contributed by atoms with Crippen molar-refractivity contribution in [2.75, 3.05) is 43.3 Å². The monoisotopic (exact) mass is 309 g/mol. The number of nitrogens with zero attached hydrogens (tertiary/aromatic N) is 1. The van der Waals surface area contributed by atoms with Crippen LogP contribution in [0.5, 0.6) is 5.75 Å². The Kier molecular flexibility index (Phi) is 5.76. The third kappa shape index (κ3) is 4.54. The first-order valence-electron chi connectivity index (χ1n) is 7.11. The van der Waals surface area contributed by atoms with Crippen molar-refractivity contribution >= 4 is 29.0 Å². The summed E-state index contributed by atoms with van der Waals surface area (Å²) in [6.07, 6.45) is 1.68. The summed E-state index contributed by atoms with van der Waals surface area (Å²) >= 11 is 1.98. The molecule has 21 heavy (non-hydrogen) atoms. The van der Waals surface area contributed by atoms with E-state index in [9.17, 15) is 4.79 Å². The van der Waals surface area contributed by atoms with Crippen LogP contribution >= 0.6 is 11.8 Å². The average molecular weight is 309 g/mol. The van der Waals surface area contributed by atoms with Gasteiger partial charge in [0, 0.05) is 30.4 Å². The summed E-state index contributed by atoms with van der Waals surface area (Å²) in [6.45, 7) is 0.766. The van der Waals surface area contributed by atoms with Crippen molar-refractivity contribution in [1.82, 2.24) is 4.90 Å². The number of nitrogen functional groups attached to an aromatic ring is 1. The number of ether oxygens (including phenoxy) is 1. The standard InChI is InChI=1S/C15H23N3O2S/c1-18(12-6-8-21-10-12)7-5-15(19)17-13-9-11(16)3-4-14(13)20-2/h3-4,9,12H,5-8,10,16H2,1-2H3,(H,17,19). The van der Waals surface area contributed by atoms with Crippen LogP contribution < -0.4 is 15.8 Å². The minimum Gasteiger partial charge on any atom is -0.495 e. The third-order valence-electron chi connectivity index (χ3n) is 3.72. The van der Waals surface area contributed by atoms with E-state index in [0.717, 1.165) is 6.54 Å². The van der Waals surface area contributed by atoms with Gasteiger partial charge in [0.2, 0.25) is 5.91 Å². The summed E-state index contributed by atoms with van der Waals surface area (Å²) < 4.78 is 5.22. The number of rotatable bonds is 6. The van der Waals surface area contributed by atoms with Gasteiger partial charge in [0.15, 0.2) is 0 Å². The summed E-state index contributed by atoms with van der Waals surface area (Å²) in [5.74, 6) is 3.00. The van der Waals surface area contributed by atoms with E-state index in [0.29, 0.717) is 29.6 Å². The van der Waals surface area contributed by atoms with Crippen molar-refractivity contribution in [1.29, 1.82) is 0 Å². The van der Waals surface area contributed by atoms with Crippen LogP contribution in [-0.4, -0.2) is 49.1 Å². The van der Waals surface area contributed by atoms with Crippen molar-refractivity contribution in [3.05, 3.63) is 18.2 Å². The number of thioether (sulfide) groups is 1. The molecule has 5 nitrogen and oxygen atoms in total. The van der Waals surface area contributed by atoms with Crippen molar-refractivity contribution in [2.24, 2.45) is 0 Å². The molecule has 1 fully saturated rings. The minimum absolute atomic E-state index is 0.0172. The van der Waals surface area contributed by atoms with Gasteiger partial charge >= 0.3 is 0 Å². The number of benzene rings is 1. The van der Waals surface area contributed by atoms with Crippen molar-refractivity contribution in [3.8, 4) is 5.75 Å². The Labute approximate surface area is 130 Å². The molecule has 1 saturated heterocycles. The Morgan fingerprint density at radius 2 is 2.38 bits per heavy atom. The molecular formula is C15H23N3O2S. The first-order chi connectivity index (χ1) is 10.1. The molecule has 0 aliphatic carbocycles. The van der Waals surface area contributed by atoms with Crippen LogP contribution in [0.1, 0.15) is 12.8 Å². The maximum absolute atomic E-state index is 12.1. The molecule has 1 amide bonds. The zero-order chi connectivity index (χ0) is 15.2. The van der Waals surface area contributed by atoms with E-state index in [4.69, 9.17) is 10.5 Å². The van der Waals surface area contributed by atoms with Gasteiger partial charge in [0.1, 0.15) is 5.75 Å². The second-order valence-electron chi connectivity index (χ2n) is 5.26. The second-order valence-corrected chi connectivity index (χ2v) is 6.41. The van der Waals surface area contributed by atoms with E-state index < -0.39 is 0 Å². The van der Waals surface area contributed by atoms with Crippen LogP contribution in [0.15, 0.2) is 18.2 Å². The number of nitrogens with one attached hydrogen (secondary N) is 1. The Bertz CT molecular complexity index is 490. The zero-order valence-electron chi connectivity index (χ0n) is 12.6. The number of carbonyl (C=O) groups is 1. The molecule has 1 aliphatic heterocycles. The Balaban J connectivity index is 1.85. The van der Waals surface area contributed by atoms with Gasteiger partial charge in [0.25, 0.3) is 0 Å². The highest BCUT2D eigenvalue weighted by Gasteiger charge is 2.20. The molecule has 0 bridgehead atoms. The molecule has 6 heteroatoms. The summed E-state index contributed by atoms with van der Waals surface area (Å²) in [4.78, 5) is 14.3. The fraction of sp³-hybridized carbons (Fsp3) is 0.533. The number of amides is 1. The fourth-order valence-electron chi connectivity index (χ4n) is 2.37. The Hall–Kier alpha value is -1.40. The Morgan fingerprint density at radius 3 is 3.05 bits per heavy atom. The summed E-state index contributed by atoms with van der Waals surface area (Å²) in [5.41, 5.74) is 6.97. The van der Waals surface area contributed by atoms with Gasteiger partial charge in [-0.05, 0) is 37.4 Å². The molecular weight excluding hydrogens is 286 g/mol. The number of nitrogens with two attached hydrogens (primary N) is 1. The molecule has 116 valence electrons. The van der Waals surface area contributed by atoms with Crippen LogP contribution in [0.3, 0.4) is 0 Å². The molecule has 1 aromatic rings. The molecule has 3 N–H and O–H groups in total. The predicted molar refractivity (Wildman–Crippen MR) is 89.0 cm³/mol. The number of carbonyl (C=O) groups excluding carboxylic acids is 1. The lowest BCUT2D eigenvalue weighted by Crippen LogP contribution is -2.34. The maximum Gasteiger partial charge on any atom is 0.225 e. The van der Waals surface area contributed by atoms with Crippen LogP contribution in [-0.2, 0) is 4.79 Å². The summed E-state index contributed by atoms with van der Waals surface area (Å²) in [5, 5.41) is 2.87. The third-order valence-corrected chi connectivity index (χ3v) is 4.86. The topological polar surface area (TPSA) is 67.6 Å². The van der Waals surface area contributed by atoms with Gasteiger partial charge in [-0.25, -0.2) is 0 Å². The fourth-order valence-corrected chi connectivity index (χ4v) is 3.66. The van der Waals surface area contributed by atoms with Crippen molar-refractivity contribution < 1.29 is 9.53 Å². The van der Waals surface area contributed by atoms with E-state index in [1.54, 1.807) is 25.3 Å². The first-order valence-corrected chi connectivity index (χ1v) is 8.27. The van der Waals surface area contributed by atoms with E-state index in [1.165, 1.54) is 17.9 Å². The maximum atomic E-state index is 12.1. The highest BCUT2D eigenvalue weighted by atomic mass is 32.2. The van der Waals surface area contributed by atoms with Crippen LogP contribution in [0, 0.1) is 0 Å². The molecule has 1 heterocycles. The lowest BCUT2D eigenvalue weighted by molar-refractivity contribution is -0.116. The van der Waals surface area contributed by atoms with E-state index in [1.807, 2.05) is 11.8 Å². The van der Waals surface area contributed by atoms with Crippen molar-refractivity contribution in [3.63, 3.8) is 0 Å². The molecule has 1 aromatic carbocycles. The predicted octanol–water partition coefficient (Wildman–Crippen LogP) is 2.04. The molecule has 1 aliphatic rings. The van der Waals surface area contributed by atoms with Gasteiger partial charge in [0.05, 0.1) is 12.8 Å². The molecule has 1 atom stereocenters. The number of methoxy groups -OCH3 is 1. The highest BCUT2D eigenvalue weighted by molar-refractivity contribution is 7.99. The summed E-state index contributed by atoms with van der Waals surface area (Å²) in [7, 11) is 3.66. The smallest absolute Gasteiger partial charge is 0.225 e. The van der Waals surface area contributed by atoms with Crippen LogP contribution in [0.2, 0.25) is 0 Å².